The third-order valence-electron chi connectivity index (χ3n) is 7.85. The van der Waals surface area contributed by atoms with Gasteiger partial charge in [0, 0.05) is 50.4 Å². The normalized spacial score (nSPS) is 15.3. The molecule has 2 amide bonds. The number of pyridine rings is 2. The van der Waals surface area contributed by atoms with Gasteiger partial charge in [0.1, 0.15) is 11.4 Å². The van der Waals surface area contributed by atoms with Crippen molar-refractivity contribution in [2.45, 2.75) is 13.1 Å². The van der Waals surface area contributed by atoms with Crippen LogP contribution < -0.4 is 15.5 Å². The molecule has 0 atom stereocenters. The van der Waals surface area contributed by atoms with Crippen molar-refractivity contribution in [1.82, 2.24) is 29.7 Å². The second-order valence-corrected chi connectivity index (χ2v) is 10.8. The molecule has 6 heterocycles. The van der Waals surface area contributed by atoms with Crippen molar-refractivity contribution in [2.75, 3.05) is 51.0 Å². The SMILES string of the molecule is CN(C)Cc1nc(Nc2ccc(-c3cnn4ccc5occc5c34)c3c2C(=O)NC3)ccc1N1CCN(C)C(=O)C1. The van der Waals surface area contributed by atoms with E-state index in [1.54, 1.807) is 11.2 Å². The zero-order valence-corrected chi connectivity index (χ0v) is 23.1. The summed E-state index contributed by atoms with van der Waals surface area (Å²) in [7, 11) is 5.82. The summed E-state index contributed by atoms with van der Waals surface area (Å²) in [4.78, 5) is 36.3. The van der Waals surface area contributed by atoms with E-state index in [9.17, 15) is 9.59 Å². The van der Waals surface area contributed by atoms with Crippen LogP contribution in [0.4, 0.5) is 17.2 Å². The first-order valence-corrected chi connectivity index (χ1v) is 13.6. The Morgan fingerprint density at radius 2 is 1.95 bits per heavy atom. The van der Waals surface area contributed by atoms with Gasteiger partial charge in [0.15, 0.2) is 0 Å². The number of anilines is 3. The van der Waals surface area contributed by atoms with Crippen LogP contribution in [0.1, 0.15) is 21.6 Å². The lowest BCUT2D eigenvalue weighted by Crippen LogP contribution is -2.49. The van der Waals surface area contributed by atoms with E-state index in [2.05, 4.69) is 25.5 Å². The minimum absolute atomic E-state index is 0.0932. The quantitative estimate of drug-likeness (QED) is 0.331. The summed E-state index contributed by atoms with van der Waals surface area (Å²) in [6.07, 6.45) is 5.39. The molecule has 1 fully saturated rings. The molecule has 11 nitrogen and oxygen atoms in total. The van der Waals surface area contributed by atoms with E-state index in [-0.39, 0.29) is 11.8 Å². The number of piperazine rings is 1. The molecule has 1 aromatic carbocycles. The van der Waals surface area contributed by atoms with Gasteiger partial charge in [-0.15, -0.1) is 0 Å². The van der Waals surface area contributed by atoms with Crippen LogP contribution >= 0.6 is 0 Å². The largest absolute Gasteiger partial charge is 0.464 e. The van der Waals surface area contributed by atoms with Gasteiger partial charge in [0.2, 0.25) is 5.91 Å². The Bertz CT molecular complexity index is 1840. The maximum Gasteiger partial charge on any atom is 0.254 e. The molecule has 1 saturated heterocycles. The van der Waals surface area contributed by atoms with Gasteiger partial charge in [-0.1, -0.05) is 6.07 Å². The average molecular weight is 551 g/mol. The molecule has 2 aliphatic heterocycles. The molecule has 11 heteroatoms. The summed E-state index contributed by atoms with van der Waals surface area (Å²) >= 11 is 0. The summed E-state index contributed by atoms with van der Waals surface area (Å²) in [6, 6.07) is 11.7. The van der Waals surface area contributed by atoms with Crippen LogP contribution in [-0.2, 0) is 17.9 Å². The van der Waals surface area contributed by atoms with Gasteiger partial charge in [-0.05, 0) is 55.6 Å². The van der Waals surface area contributed by atoms with E-state index < -0.39 is 0 Å². The molecule has 0 unspecified atom stereocenters. The highest BCUT2D eigenvalue weighted by Crippen LogP contribution is 2.38. The van der Waals surface area contributed by atoms with Gasteiger partial charge < -0.3 is 29.8 Å². The number of furan rings is 1. The molecular formula is C30H30N8O3. The number of hydrogen-bond acceptors (Lipinski definition) is 8. The Morgan fingerprint density at radius 1 is 1.07 bits per heavy atom. The minimum Gasteiger partial charge on any atom is -0.464 e. The Morgan fingerprint density at radius 3 is 2.78 bits per heavy atom. The summed E-state index contributed by atoms with van der Waals surface area (Å²) < 4.78 is 7.46. The lowest BCUT2D eigenvalue weighted by molar-refractivity contribution is -0.129. The first-order valence-electron chi connectivity index (χ1n) is 13.6. The topological polar surface area (TPSA) is 111 Å². The number of likely N-dealkylation sites (N-methyl/N-ethyl adjacent to an activating group) is 1. The maximum atomic E-state index is 13.1. The van der Waals surface area contributed by atoms with Crippen LogP contribution in [0, 0.1) is 0 Å². The Kier molecular flexibility index (Phi) is 5.89. The molecule has 2 N–H and O–H groups in total. The number of nitrogens with zero attached hydrogens (tertiary/aromatic N) is 6. The molecule has 0 aliphatic carbocycles. The first kappa shape index (κ1) is 25.1. The monoisotopic (exact) mass is 550 g/mol. The molecule has 41 heavy (non-hydrogen) atoms. The molecule has 7 rings (SSSR count). The number of amides is 2. The van der Waals surface area contributed by atoms with Gasteiger partial charge in [0.25, 0.3) is 5.91 Å². The Balaban J connectivity index is 1.26. The van der Waals surface area contributed by atoms with Gasteiger partial charge in [-0.25, -0.2) is 9.50 Å². The third kappa shape index (κ3) is 4.25. The van der Waals surface area contributed by atoms with E-state index in [0.29, 0.717) is 43.2 Å². The molecular weight excluding hydrogens is 520 g/mol. The molecule has 0 spiro atoms. The molecule has 2 aliphatic rings. The van der Waals surface area contributed by atoms with Crippen molar-refractivity contribution < 1.29 is 14.0 Å². The van der Waals surface area contributed by atoms with Crippen LogP contribution in [-0.4, -0.2) is 77.0 Å². The fourth-order valence-corrected chi connectivity index (χ4v) is 5.80. The minimum atomic E-state index is -0.129. The van der Waals surface area contributed by atoms with E-state index in [1.165, 1.54) is 0 Å². The number of nitrogens with one attached hydrogen (secondary N) is 2. The number of carbonyl (C=O) groups is 2. The predicted octanol–water partition coefficient (Wildman–Crippen LogP) is 3.47. The molecule has 4 aromatic heterocycles. The number of carbonyl (C=O) groups excluding carboxylic acids is 2. The van der Waals surface area contributed by atoms with Gasteiger partial charge in [-0.3, -0.25) is 9.59 Å². The second-order valence-electron chi connectivity index (χ2n) is 10.8. The molecule has 208 valence electrons. The van der Waals surface area contributed by atoms with Crippen molar-refractivity contribution in [1.29, 1.82) is 0 Å². The van der Waals surface area contributed by atoms with E-state index in [1.807, 2.05) is 74.5 Å². The number of fused-ring (bicyclic) bond motifs is 4. The highest BCUT2D eigenvalue weighted by Gasteiger charge is 2.28. The van der Waals surface area contributed by atoms with Crippen LogP contribution in [0.2, 0.25) is 0 Å². The van der Waals surface area contributed by atoms with Gasteiger partial charge in [-0.2, -0.15) is 5.10 Å². The summed E-state index contributed by atoms with van der Waals surface area (Å²) in [5.74, 6) is 0.600. The Hall–Kier alpha value is -4.90. The van der Waals surface area contributed by atoms with E-state index >= 15 is 0 Å². The van der Waals surface area contributed by atoms with Crippen LogP contribution in [0.3, 0.4) is 0 Å². The fourth-order valence-electron chi connectivity index (χ4n) is 5.80. The summed E-state index contributed by atoms with van der Waals surface area (Å²) in [5.41, 5.74) is 7.63. The smallest absolute Gasteiger partial charge is 0.254 e. The van der Waals surface area contributed by atoms with Crippen LogP contribution in [0.5, 0.6) is 0 Å². The van der Waals surface area contributed by atoms with Crippen molar-refractivity contribution in [2.24, 2.45) is 0 Å². The van der Waals surface area contributed by atoms with Crippen molar-refractivity contribution in [3.8, 4) is 11.1 Å². The molecule has 5 aromatic rings. The predicted molar refractivity (Wildman–Crippen MR) is 156 cm³/mol. The summed E-state index contributed by atoms with van der Waals surface area (Å²) in [5, 5.41) is 11.9. The lowest BCUT2D eigenvalue weighted by Gasteiger charge is -2.34. The zero-order valence-electron chi connectivity index (χ0n) is 23.1. The number of aromatic nitrogens is 3. The number of benzene rings is 1. The second kappa shape index (κ2) is 9.63. The van der Waals surface area contributed by atoms with Gasteiger partial charge in [0.05, 0.1) is 47.2 Å². The zero-order chi connectivity index (χ0) is 28.2. The lowest BCUT2D eigenvalue weighted by atomic mass is 9.95. The number of hydrogen-bond donors (Lipinski definition) is 2. The van der Waals surface area contributed by atoms with Crippen LogP contribution in [0.15, 0.2) is 59.5 Å². The highest BCUT2D eigenvalue weighted by molar-refractivity contribution is 6.08. The number of rotatable bonds is 6. The first-order chi connectivity index (χ1) is 19.9. The van der Waals surface area contributed by atoms with Crippen LogP contribution in [0.25, 0.3) is 27.6 Å². The standard InChI is InChI=1S/C30H30N8O3/c1-35(2)16-23-24(37-12-11-36(3)27(39)17-37)6-7-26(34-23)33-22-5-4-18(20-14-31-30(40)28(20)22)21-15-32-38-10-8-25-19(29(21)38)9-13-41-25/h4-10,13,15H,11-12,14,16-17H2,1-3H3,(H,31,40)(H,33,34). The third-order valence-corrected chi connectivity index (χ3v) is 7.85. The van der Waals surface area contributed by atoms with E-state index in [4.69, 9.17) is 9.40 Å². The molecule has 0 bridgehead atoms. The Labute approximate surface area is 236 Å². The fraction of sp³-hybridized carbons (Fsp3) is 0.267. The molecule has 0 radical (unpaired) electrons. The molecule has 0 saturated carbocycles. The van der Waals surface area contributed by atoms with Gasteiger partial charge >= 0.3 is 0 Å². The maximum absolute atomic E-state index is 13.1. The van der Waals surface area contributed by atoms with E-state index in [0.717, 1.165) is 51.1 Å². The van der Waals surface area contributed by atoms with Crippen molar-refractivity contribution in [3.05, 3.63) is 71.9 Å². The highest BCUT2D eigenvalue weighted by atomic mass is 16.3. The average Bonchev–Trinajstić information content (AvgIpc) is 3.69. The van der Waals surface area contributed by atoms with Crippen molar-refractivity contribution in [3.63, 3.8) is 0 Å². The summed E-state index contributed by atoms with van der Waals surface area (Å²) in [6.45, 7) is 2.79. The van der Waals surface area contributed by atoms with Crippen molar-refractivity contribution >= 4 is 45.5 Å².